The molecule has 0 amide bonds. The fourth-order valence-electron chi connectivity index (χ4n) is 1.60. The summed E-state index contributed by atoms with van der Waals surface area (Å²) in [7, 11) is 0. The molecule has 88 valence electrons. The fraction of sp³-hybridized carbons (Fsp3) is 0.556. The molecule has 0 radical (unpaired) electrons. The van der Waals surface area contributed by atoms with Crippen LogP contribution in [0.4, 0.5) is 19.1 Å². The van der Waals surface area contributed by atoms with E-state index in [0.29, 0.717) is 19.0 Å². The number of anilines is 1. The first kappa shape index (κ1) is 11.1. The minimum Gasteiger partial charge on any atom is -0.339 e. The zero-order chi connectivity index (χ0) is 11.8. The van der Waals surface area contributed by atoms with E-state index in [4.69, 9.17) is 5.73 Å². The Labute approximate surface area is 90.3 Å². The number of nitrogens with zero attached hydrogens (tertiary/aromatic N) is 3. The monoisotopic (exact) mass is 232 g/mol. The molecule has 1 fully saturated rings. The van der Waals surface area contributed by atoms with Crippen LogP contribution in [0.2, 0.25) is 0 Å². The highest BCUT2D eigenvalue weighted by Gasteiger charge is 2.32. The molecule has 0 bridgehead atoms. The first-order valence-corrected chi connectivity index (χ1v) is 4.86. The predicted octanol–water partition coefficient (Wildman–Crippen LogP) is 1.03. The van der Waals surface area contributed by atoms with Crippen molar-refractivity contribution in [3.63, 3.8) is 0 Å². The van der Waals surface area contributed by atoms with Gasteiger partial charge in [0.2, 0.25) is 5.95 Å². The molecule has 0 saturated carbocycles. The maximum absolute atomic E-state index is 12.2. The first-order valence-electron chi connectivity index (χ1n) is 4.86. The predicted molar refractivity (Wildman–Crippen MR) is 51.8 cm³/mol. The molecule has 16 heavy (non-hydrogen) atoms. The van der Waals surface area contributed by atoms with Gasteiger partial charge in [0.1, 0.15) is 0 Å². The van der Waals surface area contributed by atoms with E-state index in [0.717, 1.165) is 18.8 Å². The van der Waals surface area contributed by atoms with Gasteiger partial charge in [-0.2, -0.15) is 13.2 Å². The summed E-state index contributed by atoms with van der Waals surface area (Å²) >= 11 is 0. The zero-order valence-electron chi connectivity index (χ0n) is 8.41. The van der Waals surface area contributed by atoms with Gasteiger partial charge < -0.3 is 10.6 Å². The third-order valence-corrected chi connectivity index (χ3v) is 2.47. The molecule has 1 aromatic heterocycles. The minimum atomic E-state index is -4.39. The number of alkyl halides is 3. The highest BCUT2D eigenvalue weighted by molar-refractivity contribution is 5.32. The number of rotatable bonds is 1. The molecule has 7 heteroatoms. The van der Waals surface area contributed by atoms with Crippen molar-refractivity contribution in [2.45, 2.75) is 18.6 Å². The van der Waals surface area contributed by atoms with Gasteiger partial charge in [0, 0.05) is 31.5 Å². The maximum atomic E-state index is 12.2. The highest BCUT2D eigenvalue weighted by Crippen LogP contribution is 2.28. The molecule has 2 N–H and O–H groups in total. The average molecular weight is 232 g/mol. The quantitative estimate of drug-likeness (QED) is 0.785. The van der Waals surface area contributed by atoms with Gasteiger partial charge in [-0.1, -0.05) is 0 Å². The Balaban J connectivity index is 2.14. The molecule has 1 unspecified atom stereocenters. The van der Waals surface area contributed by atoms with Crippen LogP contribution in [0.15, 0.2) is 12.4 Å². The summed E-state index contributed by atoms with van der Waals surface area (Å²) < 4.78 is 36.7. The van der Waals surface area contributed by atoms with Gasteiger partial charge >= 0.3 is 6.18 Å². The van der Waals surface area contributed by atoms with E-state index in [-0.39, 0.29) is 6.04 Å². The van der Waals surface area contributed by atoms with E-state index < -0.39 is 11.7 Å². The Bertz CT molecular complexity index is 362. The van der Waals surface area contributed by atoms with Crippen molar-refractivity contribution in [2.24, 2.45) is 5.73 Å². The van der Waals surface area contributed by atoms with Crippen molar-refractivity contribution in [3.8, 4) is 0 Å². The lowest BCUT2D eigenvalue weighted by Crippen LogP contribution is -2.27. The third-order valence-electron chi connectivity index (χ3n) is 2.47. The maximum Gasteiger partial charge on any atom is 0.419 e. The van der Waals surface area contributed by atoms with E-state index in [2.05, 4.69) is 9.97 Å². The Hall–Kier alpha value is -1.37. The standard InChI is InChI=1S/C9H11F3N4/c10-9(11,12)6-3-14-8(15-4-6)16-2-1-7(13)5-16/h3-4,7H,1-2,5,13H2. The van der Waals surface area contributed by atoms with Crippen LogP contribution in [-0.2, 0) is 6.18 Å². The lowest BCUT2D eigenvalue weighted by atomic mass is 10.3. The van der Waals surface area contributed by atoms with Gasteiger partial charge in [-0.15, -0.1) is 0 Å². The molecule has 0 aliphatic carbocycles. The number of hydrogen-bond acceptors (Lipinski definition) is 4. The molecule has 0 aromatic carbocycles. The first-order chi connectivity index (χ1) is 7.47. The van der Waals surface area contributed by atoms with Crippen LogP contribution in [0.1, 0.15) is 12.0 Å². The lowest BCUT2D eigenvalue weighted by molar-refractivity contribution is -0.138. The number of halogens is 3. The van der Waals surface area contributed by atoms with E-state index in [1.54, 1.807) is 4.90 Å². The van der Waals surface area contributed by atoms with Crippen LogP contribution in [0.5, 0.6) is 0 Å². The zero-order valence-corrected chi connectivity index (χ0v) is 8.41. The van der Waals surface area contributed by atoms with Crippen molar-refractivity contribution in [2.75, 3.05) is 18.0 Å². The normalized spacial score (nSPS) is 21.5. The Morgan fingerprint density at radius 2 is 1.94 bits per heavy atom. The summed E-state index contributed by atoms with van der Waals surface area (Å²) in [6.45, 7) is 1.28. The van der Waals surface area contributed by atoms with Gasteiger partial charge in [0.05, 0.1) is 5.56 Å². The molecule has 1 atom stereocenters. The van der Waals surface area contributed by atoms with Crippen LogP contribution in [0.25, 0.3) is 0 Å². The lowest BCUT2D eigenvalue weighted by Gasteiger charge is -2.15. The minimum absolute atomic E-state index is 0.0471. The van der Waals surface area contributed by atoms with Crippen molar-refractivity contribution < 1.29 is 13.2 Å². The number of hydrogen-bond donors (Lipinski definition) is 1. The van der Waals surface area contributed by atoms with E-state index >= 15 is 0 Å². The molecule has 0 spiro atoms. The SMILES string of the molecule is NC1CCN(c2ncc(C(F)(F)F)cn2)C1. The Kier molecular flexibility index (Phi) is 2.71. The highest BCUT2D eigenvalue weighted by atomic mass is 19.4. The van der Waals surface area contributed by atoms with Crippen LogP contribution in [-0.4, -0.2) is 29.1 Å². The van der Waals surface area contributed by atoms with Crippen LogP contribution in [0.3, 0.4) is 0 Å². The summed E-state index contributed by atoms with van der Waals surface area (Å²) in [5.41, 5.74) is 4.85. The summed E-state index contributed by atoms with van der Waals surface area (Å²) in [6, 6.07) is 0.0471. The largest absolute Gasteiger partial charge is 0.419 e. The van der Waals surface area contributed by atoms with Crippen molar-refractivity contribution in [3.05, 3.63) is 18.0 Å². The molecule has 2 rings (SSSR count). The van der Waals surface area contributed by atoms with E-state index in [1.165, 1.54) is 0 Å². The second kappa shape index (κ2) is 3.89. The summed E-state index contributed by atoms with van der Waals surface area (Å²) in [5.74, 6) is 0.306. The van der Waals surface area contributed by atoms with Crippen molar-refractivity contribution in [1.82, 2.24) is 9.97 Å². The van der Waals surface area contributed by atoms with Gasteiger partial charge in [0.25, 0.3) is 0 Å². The topological polar surface area (TPSA) is 55.0 Å². The Morgan fingerprint density at radius 1 is 1.31 bits per heavy atom. The van der Waals surface area contributed by atoms with E-state index in [1.807, 2.05) is 0 Å². The third kappa shape index (κ3) is 2.24. The van der Waals surface area contributed by atoms with Gasteiger partial charge in [-0.05, 0) is 6.42 Å². The molecule has 1 aromatic rings. The summed E-state index contributed by atoms with van der Waals surface area (Å²) in [5, 5.41) is 0. The van der Waals surface area contributed by atoms with Gasteiger partial charge in [0.15, 0.2) is 0 Å². The Morgan fingerprint density at radius 3 is 2.38 bits per heavy atom. The molecular formula is C9H11F3N4. The smallest absolute Gasteiger partial charge is 0.339 e. The molecule has 4 nitrogen and oxygen atoms in total. The molecular weight excluding hydrogens is 221 g/mol. The molecule has 1 saturated heterocycles. The van der Waals surface area contributed by atoms with Crippen molar-refractivity contribution >= 4 is 5.95 Å². The molecule has 2 heterocycles. The number of aromatic nitrogens is 2. The van der Waals surface area contributed by atoms with E-state index in [9.17, 15) is 13.2 Å². The van der Waals surface area contributed by atoms with Crippen LogP contribution in [0, 0.1) is 0 Å². The van der Waals surface area contributed by atoms with Crippen LogP contribution >= 0.6 is 0 Å². The summed E-state index contributed by atoms with van der Waals surface area (Å²) in [4.78, 5) is 9.18. The fourth-order valence-corrected chi connectivity index (χ4v) is 1.60. The second-order valence-corrected chi connectivity index (χ2v) is 3.76. The van der Waals surface area contributed by atoms with Gasteiger partial charge in [-0.25, -0.2) is 9.97 Å². The average Bonchev–Trinajstić information content (AvgIpc) is 2.64. The molecule has 1 aliphatic heterocycles. The summed E-state index contributed by atoms with van der Waals surface area (Å²) in [6.07, 6.45) is -1.98. The molecule has 1 aliphatic rings. The van der Waals surface area contributed by atoms with Crippen LogP contribution < -0.4 is 10.6 Å². The van der Waals surface area contributed by atoms with Gasteiger partial charge in [-0.3, -0.25) is 0 Å². The number of nitrogens with two attached hydrogens (primary N) is 1. The van der Waals surface area contributed by atoms with Crippen molar-refractivity contribution in [1.29, 1.82) is 0 Å². The second-order valence-electron chi connectivity index (χ2n) is 3.76.